The maximum Gasteiger partial charge on any atom is 0.362 e. The van der Waals surface area contributed by atoms with Crippen LogP contribution < -0.4 is 20.3 Å². The van der Waals surface area contributed by atoms with Gasteiger partial charge in [-0.3, -0.25) is 29.0 Å². The van der Waals surface area contributed by atoms with E-state index in [4.69, 9.17) is 34.7 Å². The Morgan fingerprint density at radius 2 is 1.75 bits per heavy atom. The van der Waals surface area contributed by atoms with Crippen LogP contribution >= 0.6 is 18.1 Å². The average molecular weight is 755 g/mol. The molecule has 0 aliphatic carbocycles. The van der Waals surface area contributed by atoms with Gasteiger partial charge < -0.3 is 23.5 Å². The number of H-pyrrole nitrogens is 1. The number of halogens is 1. The largest absolute Gasteiger partial charge is 0.497 e. The SMILES string of the molecule is C=C/C(=C\C)C(O[C@H]1C[C@H](n2cnc3c(=O)[nH]c(NC(=O)C(C)C)nc32)O[C@@H]1COP(=O)(Cl)N(C)C)(c1ccc(OC)cc1)c1ccc(OC)cc1. The van der Waals surface area contributed by atoms with Gasteiger partial charge in [0.1, 0.15) is 29.4 Å². The first-order valence-corrected chi connectivity index (χ1v) is 19.1. The van der Waals surface area contributed by atoms with Crippen LogP contribution in [0.25, 0.3) is 11.2 Å². The predicted octanol–water partition coefficient (Wildman–Crippen LogP) is 6.41. The number of amides is 1. The van der Waals surface area contributed by atoms with Crippen LogP contribution in [0.3, 0.4) is 0 Å². The number of hydrogen-bond donors (Lipinski definition) is 2. The topological polar surface area (TPSA) is 159 Å². The molecule has 16 heteroatoms. The van der Waals surface area contributed by atoms with E-state index in [1.54, 1.807) is 52.8 Å². The Morgan fingerprint density at radius 1 is 1.15 bits per heavy atom. The highest BCUT2D eigenvalue weighted by Crippen LogP contribution is 2.55. The van der Waals surface area contributed by atoms with Gasteiger partial charge in [0.2, 0.25) is 11.9 Å². The normalized spacial score (nSPS) is 19.2. The van der Waals surface area contributed by atoms with Gasteiger partial charge in [-0.2, -0.15) is 4.98 Å². The molecular formula is C36H44ClN6O8P. The second-order valence-corrected chi connectivity index (χ2v) is 15.8. The molecule has 1 saturated heterocycles. The van der Waals surface area contributed by atoms with Crippen LogP contribution in [0.2, 0.25) is 0 Å². The Hall–Kier alpha value is -4.30. The van der Waals surface area contributed by atoms with E-state index in [1.165, 1.54) is 11.0 Å². The molecule has 4 atom stereocenters. The zero-order valence-electron chi connectivity index (χ0n) is 30.2. The Balaban J connectivity index is 1.64. The van der Waals surface area contributed by atoms with Crippen molar-refractivity contribution in [1.29, 1.82) is 0 Å². The third-order valence-electron chi connectivity index (χ3n) is 8.82. The van der Waals surface area contributed by atoms with Gasteiger partial charge in [0.15, 0.2) is 11.2 Å². The van der Waals surface area contributed by atoms with E-state index >= 15 is 0 Å². The molecule has 0 saturated carbocycles. The fourth-order valence-electron chi connectivity index (χ4n) is 5.93. The van der Waals surface area contributed by atoms with Gasteiger partial charge in [0, 0.05) is 12.3 Å². The first kappa shape index (κ1) is 38.9. The molecule has 1 fully saturated rings. The lowest BCUT2D eigenvalue weighted by Crippen LogP contribution is -2.41. The summed E-state index contributed by atoms with van der Waals surface area (Å²) in [5.74, 6) is 0.613. The lowest BCUT2D eigenvalue weighted by molar-refractivity contribution is -0.118. The minimum Gasteiger partial charge on any atom is -0.497 e. The molecule has 1 amide bonds. The Kier molecular flexibility index (Phi) is 12.1. The maximum absolute atomic E-state index is 13.2. The maximum atomic E-state index is 13.2. The van der Waals surface area contributed by atoms with Crippen LogP contribution in [0.5, 0.6) is 11.5 Å². The predicted molar refractivity (Wildman–Crippen MR) is 199 cm³/mol. The molecule has 2 aromatic carbocycles. The first-order valence-electron chi connectivity index (χ1n) is 16.6. The molecule has 1 aliphatic rings. The number of benzene rings is 2. The molecule has 4 aromatic rings. The molecule has 278 valence electrons. The van der Waals surface area contributed by atoms with Crippen molar-refractivity contribution in [2.75, 3.05) is 40.2 Å². The van der Waals surface area contributed by atoms with E-state index < -0.39 is 36.5 Å². The Morgan fingerprint density at radius 3 is 2.25 bits per heavy atom. The monoisotopic (exact) mass is 754 g/mol. The first-order chi connectivity index (χ1) is 24.8. The number of nitrogens with one attached hydrogen (secondary N) is 2. The van der Waals surface area contributed by atoms with Gasteiger partial charge in [-0.15, -0.1) is 0 Å². The highest BCUT2D eigenvalue weighted by molar-refractivity contribution is 7.83. The van der Waals surface area contributed by atoms with E-state index in [1.807, 2.05) is 61.5 Å². The van der Waals surface area contributed by atoms with Crippen molar-refractivity contribution in [2.24, 2.45) is 5.92 Å². The number of aromatic amines is 1. The molecule has 0 spiro atoms. The highest BCUT2D eigenvalue weighted by Gasteiger charge is 2.47. The number of aromatic nitrogens is 4. The van der Waals surface area contributed by atoms with Crippen molar-refractivity contribution in [3.05, 3.63) is 101 Å². The summed E-state index contributed by atoms with van der Waals surface area (Å²) in [5.41, 5.74) is 0.688. The number of carbonyl (C=O) groups is 1. The summed E-state index contributed by atoms with van der Waals surface area (Å²) in [6.07, 6.45) is 2.93. The standard InChI is InChI=1S/C36H44ClN6O8P/c1-9-23(10-2)36(24-11-15-26(47-7)16-12-24,25-13-17-27(48-8)18-14-25)51-28-19-30(50-29(28)20-49-52(37,46)42(5)6)43-21-38-31-32(43)39-35(41-34(31)45)40-33(44)22(3)4/h9-18,21-22,28-30H,1,19-20H2,2-8H3,(H2,39,40,41,44,45)/b23-10+/t28-,29+,30+,52?/m0/s1. The van der Waals surface area contributed by atoms with Crippen LogP contribution in [0.4, 0.5) is 5.95 Å². The summed E-state index contributed by atoms with van der Waals surface area (Å²) in [6.45, 7) is 5.56. The van der Waals surface area contributed by atoms with E-state index in [9.17, 15) is 14.2 Å². The number of anilines is 1. The highest BCUT2D eigenvalue weighted by atomic mass is 35.7. The summed E-state index contributed by atoms with van der Waals surface area (Å²) in [7, 11) is 6.29. The second-order valence-electron chi connectivity index (χ2n) is 12.6. The van der Waals surface area contributed by atoms with Crippen LogP contribution in [0, 0.1) is 5.92 Å². The van der Waals surface area contributed by atoms with Crippen molar-refractivity contribution >= 4 is 41.1 Å². The van der Waals surface area contributed by atoms with Crippen molar-refractivity contribution in [1.82, 2.24) is 24.2 Å². The molecule has 0 radical (unpaired) electrons. The number of rotatable bonds is 15. The van der Waals surface area contributed by atoms with Crippen molar-refractivity contribution < 1.29 is 32.8 Å². The molecule has 52 heavy (non-hydrogen) atoms. The van der Waals surface area contributed by atoms with Crippen LogP contribution in [0.1, 0.15) is 44.5 Å². The van der Waals surface area contributed by atoms with Gasteiger partial charge in [-0.25, -0.2) is 9.65 Å². The zero-order valence-corrected chi connectivity index (χ0v) is 31.8. The number of fused-ring (bicyclic) bond motifs is 1. The van der Waals surface area contributed by atoms with Gasteiger partial charge in [0.25, 0.3) is 5.56 Å². The molecule has 0 bridgehead atoms. The summed E-state index contributed by atoms with van der Waals surface area (Å²) < 4.78 is 46.7. The third-order valence-corrected chi connectivity index (χ3v) is 11.4. The number of methoxy groups -OCH3 is 2. The lowest BCUT2D eigenvalue weighted by Gasteiger charge is -2.40. The van der Waals surface area contributed by atoms with Crippen LogP contribution in [-0.4, -0.2) is 77.2 Å². The van der Waals surface area contributed by atoms with Crippen LogP contribution in [-0.2, 0) is 29.0 Å². The number of carbonyl (C=O) groups excluding carboxylic acids is 1. The minimum atomic E-state index is -3.72. The summed E-state index contributed by atoms with van der Waals surface area (Å²) in [5, 5.41) is 2.64. The van der Waals surface area contributed by atoms with Crippen molar-refractivity contribution in [3.63, 3.8) is 0 Å². The average Bonchev–Trinajstić information content (AvgIpc) is 3.74. The molecular weight excluding hydrogens is 711 g/mol. The number of allylic oxidation sites excluding steroid dienone is 1. The zero-order chi connectivity index (χ0) is 37.8. The third kappa shape index (κ3) is 7.87. The van der Waals surface area contributed by atoms with Gasteiger partial charge in [-0.1, -0.05) is 56.8 Å². The number of imidazole rings is 1. The fourth-order valence-corrected chi connectivity index (χ4v) is 6.66. The Bertz CT molecular complexity index is 1980. The fraction of sp³-hybridized carbons (Fsp3) is 0.389. The molecule has 3 heterocycles. The minimum absolute atomic E-state index is 0.0283. The van der Waals surface area contributed by atoms with E-state index in [2.05, 4.69) is 26.8 Å². The number of hydrogen-bond acceptors (Lipinski definition) is 10. The number of ether oxygens (including phenoxy) is 4. The van der Waals surface area contributed by atoms with Gasteiger partial charge >= 0.3 is 6.87 Å². The number of nitrogens with zero attached hydrogens (tertiary/aromatic N) is 4. The smallest absolute Gasteiger partial charge is 0.362 e. The molecule has 1 aliphatic heterocycles. The lowest BCUT2D eigenvalue weighted by atomic mass is 9.79. The van der Waals surface area contributed by atoms with Gasteiger partial charge in [0.05, 0.1) is 33.3 Å². The molecule has 2 N–H and O–H groups in total. The molecule has 14 nitrogen and oxygen atoms in total. The van der Waals surface area contributed by atoms with Crippen LogP contribution in [0.15, 0.2) is 84.0 Å². The quantitative estimate of drug-likeness (QED) is 0.102. The summed E-state index contributed by atoms with van der Waals surface area (Å²) >= 11 is 6.31. The van der Waals surface area contributed by atoms with E-state index in [0.717, 1.165) is 16.7 Å². The van der Waals surface area contributed by atoms with Crippen molar-refractivity contribution in [2.45, 2.75) is 51.2 Å². The van der Waals surface area contributed by atoms with E-state index in [-0.39, 0.29) is 42.0 Å². The summed E-state index contributed by atoms with van der Waals surface area (Å²) in [6, 6.07) is 15.1. The van der Waals surface area contributed by atoms with E-state index in [0.29, 0.717) is 11.5 Å². The molecule has 2 aromatic heterocycles. The summed E-state index contributed by atoms with van der Waals surface area (Å²) in [4.78, 5) is 36.9. The Labute approximate surface area is 307 Å². The molecule has 1 unspecified atom stereocenters. The second kappa shape index (κ2) is 16.2. The molecule has 5 rings (SSSR count). The van der Waals surface area contributed by atoms with Crippen molar-refractivity contribution in [3.8, 4) is 11.5 Å². The van der Waals surface area contributed by atoms with Gasteiger partial charge in [-0.05, 0) is 73.2 Å².